The van der Waals surface area contributed by atoms with Gasteiger partial charge in [-0.25, -0.2) is 0 Å². The zero-order chi connectivity index (χ0) is 14.1. The fourth-order valence-corrected chi connectivity index (χ4v) is 1.89. The van der Waals surface area contributed by atoms with Crippen LogP contribution in [0.2, 0.25) is 0 Å². The van der Waals surface area contributed by atoms with Crippen LogP contribution in [-0.2, 0) is 16.0 Å². The summed E-state index contributed by atoms with van der Waals surface area (Å²) < 4.78 is 11.0. The van der Waals surface area contributed by atoms with Crippen molar-refractivity contribution in [3.05, 3.63) is 35.4 Å². The lowest BCUT2D eigenvalue weighted by Crippen LogP contribution is -2.31. The van der Waals surface area contributed by atoms with Crippen LogP contribution in [0.4, 0.5) is 0 Å². The number of rotatable bonds is 9. The Morgan fingerprint density at radius 3 is 2.05 bits per heavy atom. The first-order valence-corrected chi connectivity index (χ1v) is 7.20. The summed E-state index contributed by atoms with van der Waals surface area (Å²) in [6.07, 6.45) is -0.148. The first-order chi connectivity index (χ1) is 9.17. The fourth-order valence-electron chi connectivity index (χ4n) is 1.89. The molecule has 1 aromatic carbocycles. The van der Waals surface area contributed by atoms with Gasteiger partial charge in [-0.2, -0.15) is 0 Å². The van der Waals surface area contributed by atoms with Crippen LogP contribution in [0.5, 0.6) is 0 Å². The predicted octanol–water partition coefficient (Wildman–Crippen LogP) is 3.30. The van der Waals surface area contributed by atoms with Crippen molar-refractivity contribution in [1.29, 1.82) is 0 Å². The fraction of sp³-hybridized carbons (Fsp3) is 0.625. The molecule has 0 saturated carbocycles. The van der Waals surface area contributed by atoms with Crippen molar-refractivity contribution in [3.63, 3.8) is 0 Å². The minimum absolute atomic E-state index is 0.148. The SMILES string of the molecule is CCOC(CNCc1ccc(C(C)C)cc1)OCC. The topological polar surface area (TPSA) is 30.5 Å². The van der Waals surface area contributed by atoms with Crippen molar-refractivity contribution < 1.29 is 9.47 Å². The first-order valence-electron chi connectivity index (χ1n) is 7.20. The zero-order valence-corrected chi connectivity index (χ0v) is 12.6. The van der Waals surface area contributed by atoms with E-state index >= 15 is 0 Å². The number of hydrogen-bond donors (Lipinski definition) is 1. The quantitative estimate of drug-likeness (QED) is 0.695. The summed E-state index contributed by atoms with van der Waals surface area (Å²) in [6, 6.07) is 8.76. The highest BCUT2D eigenvalue weighted by atomic mass is 16.7. The lowest BCUT2D eigenvalue weighted by molar-refractivity contribution is -0.133. The zero-order valence-electron chi connectivity index (χ0n) is 12.6. The highest BCUT2D eigenvalue weighted by Crippen LogP contribution is 2.14. The molecule has 0 atom stereocenters. The van der Waals surface area contributed by atoms with E-state index in [-0.39, 0.29) is 6.29 Å². The highest BCUT2D eigenvalue weighted by Gasteiger charge is 2.06. The summed E-state index contributed by atoms with van der Waals surface area (Å²) in [5.74, 6) is 0.585. The lowest BCUT2D eigenvalue weighted by atomic mass is 10.0. The monoisotopic (exact) mass is 265 g/mol. The van der Waals surface area contributed by atoms with E-state index in [1.165, 1.54) is 11.1 Å². The van der Waals surface area contributed by atoms with Crippen molar-refractivity contribution in [2.75, 3.05) is 19.8 Å². The van der Waals surface area contributed by atoms with Gasteiger partial charge in [0.25, 0.3) is 0 Å². The first kappa shape index (κ1) is 16.2. The van der Waals surface area contributed by atoms with Gasteiger partial charge in [0.05, 0.1) is 0 Å². The normalized spacial score (nSPS) is 11.5. The van der Waals surface area contributed by atoms with Gasteiger partial charge in [-0.15, -0.1) is 0 Å². The van der Waals surface area contributed by atoms with Crippen molar-refractivity contribution in [2.24, 2.45) is 0 Å². The number of nitrogens with one attached hydrogen (secondary N) is 1. The third-order valence-corrected chi connectivity index (χ3v) is 2.99. The number of benzene rings is 1. The molecule has 0 spiro atoms. The summed E-state index contributed by atoms with van der Waals surface area (Å²) in [4.78, 5) is 0. The average molecular weight is 265 g/mol. The lowest BCUT2D eigenvalue weighted by Gasteiger charge is -2.17. The summed E-state index contributed by atoms with van der Waals surface area (Å²) in [6.45, 7) is 11.3. The minimum Gasteiger partial charge on any atom is -0.352 e. The summed E-state index contributed by atoms with van der Waals surface area (Å²) in [5.41, 5.74) is 2.67. The molecular formula is C16H27NO2. The minimum atomic E-state index is -0.148. The van der Waals surface area contributed by atoms with E-state index in [2.05, 4.69) is 43.4 Å². The Morgan fingerprint density at radius 1 is 1.00 bits per heavy atom. The Kier molecular flexibility index (Phi) is 7.72. The molecule has 108 valence electrons. The smallest absolute Gasteiger partial charge is 0.169 e. The molecule has 0 aliphatic carbocycles. The Hall–Kier alpha value is -0.900. The van der Waals surface area contributed by atoms with E-state index in [1.54, 1.807) is 0 Å². The van der Waals surface area contributed by atoms with E-state index < -0.39 is 0 Å². The third-order valence-electron chi connectivity index (χ3n) is 2.99. The van der Waals surface area contributed by atoms with Crippen LogP contribution in [0.15, 0.2) is 24.3 Å². The second kappa shape index (κ2) is 9.08. The van der Waals surface area contributed by atoms with Gasteiger partial charge in [0.2, 0.25) is 0 Å². The maximum Gasteiger partial charge on any atom is 0.169 e. The van der Waals surface area contributed by atoms with E-state index in [4.69, 9.17) is 9.47 Å². The molecule has 3 heteroatoms. The van der Waals surface area contributed by atoms with E-state index in [0.717, 1.165) is 6.54 Å². The van der Waals surface area contributed by atoms with Crippen molar-refractivity contribution in [1.82, 2.24) is 5.32 Å². The van der Waals surface area contributed by atoms with Crippen LogP contribution in [0.3, 0.4) is 0 Å². The van der Waals surface area contributed by atoms with Crippen molar-refractivity contribution in [3.8, 4) is 0 Å². The largest absolute Gasteiger partial charge is 0.352 e. The number of ether oxygens (including phenoxy) is 2. The molecule has 0 amide bonds. The van der Waals surface area contributed by atoms with Gasteiger partial charge in [-0.05, 0) is 30.9 Å². The molecule has 0 aliphatic rings. The van der Waals surface area contributed by atoms with Gasteiger partial charge in [-0.3, -0.25) is 0 Å². The van der Waals surface area contributed by atoms with Gasteiger partial charge in [0, 0.05) is 26.3 Å². The Balaban J connectivity index is 2.35. The van der Waals surface area contributed by atoms with E-state index in [0.29, 0.717) is 25.7 Å². The van der Waals surface area contributed by atoms with Gasteiger partial charge < -0.3 is 14.8 Å². The van der Waals surface area contributed by atoms with Gasteiger partial charge >= 0.3 is 0 Å². The van der Waals surface area contributed by atoms with Gasteiger partial charge in [0.1, 0.15) is 0 Å². The van der Waals surface area contributed by atoms with Crippen LogP contribution in [0, 0.1) is 0 Å². The van der Waals surface area contributed by atoms with Crippen LogP contribution < -0.4 is 5.32 Å². The molecule has 19 heavy (non-hydrogen) atoms. The van der Waals surface area contributed by atoms with Crippen molar-refractivity contribution in [2.45, 2.75) is 46.4 Å². The Morgan fingerprint density at radius 2 is 1.58 bits per heavy atom. The molecule has 3 nitrogen and oxygen atoms in total. The molecule has 0 unspecified atom stereocenters. The second-order valence-electron chi connectivity index (χ2n) is 4.87. The van der Waals surface area contributed by atoms with Crippen LogP contribution in [0.1, 0.15) is 44.7 Å². The molecular weight excluding hydrogens is 238 g/mol. The molecule has 0 heterocycles. The molecule has 0 bridgehead atoms. The maximum absolute atomic E-state index is 5.49. The van der Waals surface area contributed by atoms with Crippen LogP contribution in [0.25, 0.3) is 0 Å². The molecule has 0 aliphatic heterocycles. The average Bonchev–Trinajstić information content (AvgIpc) is 2.40. The van der Waals surface area contributed by atoms with Gasteiger partial charge in [0.15, 0.2) is 6.29 Å². The Labute approximate surface area is 117 Å². The molecule has 0 fully saturated rings. The maximum atomic E-state index is 5.49. The molecule has 0 aromatic heterocycles. The van der Waals surface area contributed by atoms with E-state index in [1.807, 2.05) is 13.8 Å². The van der Waals surface area contributed by atoms with Crippen LogP contribution in [-0.4, -0.2) is 26.0 Å². The number of hydrogen-bond acceptors (Lipinski definition) is 3. The second-order valence-corrected chi connectivity index (χ2v) is 4.87. The highest BCUT2D eigenvalue weighted by molar-refractivity contribution is 5.24. The summed E-state index contributed by atoms with van der Waals surface area (Å²) >= 11 is 0. The van der Waals surface area contributed by atoms with Crippen molar-refractivity contribution >= 4 is 0 Å². The molecule has 1 N–H and O–H groups in total. The molecule has 1 rings (SSSR count). The standard InChI is InChI=1S/C16H27NO2/c1-5-18-16(19-6-2)12-17-11-14-7-9-15(10-8-14)13(3)4/h7-10,13,16-17H,5-6,11-12H2,1-4H3. The molecule has 0 radical (unpaired) electrons. The Bertz CT molecular complexity index is 329. The molecule has 0 saturated heterocycles. The molecule has 1 aromatic rings. The third kappa shape index (κ3) is 6.19. The van der Waals surface area contributed by atoms with Crippen LogP contribution >= 0.6 is 0 Å². The van der Waals surface area contributed by atoms with E-state index in [9.17, 15) is 0 Å². The summed E-state index contributed by atoms with van der Waals surface area (Å²) in [5, 5.41) is 3.37. The van der Waals surface area contributed by atoms with Gasteiger partial charge in [-0.1, -0.05) is 38.1 Å². The predicted molar refractivity (Wildman–Crippen MR) is 79.3 cm³/mol. The summed E-state index contributed by atoms with van der Waals surface area (Å²) in [7, 11) is 0.